The molecule has 2 aromatic rings. The number of nitrogens with zero attached hydrogens (tertiary/aromatic N) is 1. The van der Waals surface area contributed by atoms with Crippen LogP contribution in [-0.4, -0.2) is 46.3 Å². The molecule has 1 atom stereocenters. The first-order valence-electron chi connectivity index (χ1n) is 9.44. The molecule has 0 aliphatic rings. The number of benzene rings is 2. The highest BCUT2D eigenvalue weighted by atomic mass is 32.2. The Bertz CT molecular complexity index is 972. The topological polar surface area (TPSA) is 102 Å². The zero-order valence-corrected chi connectivity index (χ0v) is 18.2. The van der Waals surface area contributed by atoms with Gasteiger partial charge in [0.05, 0.1) is 24.1 Å². The largest absolute Gasteiger partial charge is 0.481 e. The number of rotatable bonds is 9. The third-order valence-corrected chi connectivity index (χ3v) is 5.51. The van der Waals surface area contributed by atoms with Crippen molar-refractivity contribution < 1.29 is 27.5 Å². The van der Waals surface area contributed by atoms with Crippen molar-refractivity contribution >= 4 is 33.3 Å². The molecule has 2 rings (SSSR count). The fourth-order valence-corrected chi connectivity index (χ4v) is 3.04. The third kappa shape index (κ3) is 6.21. The van der Waals surface area contributed by atoms with Gasteiger partial charge in [0, 0.05) is 12.7 Å². The van der Waals surface area contributed by atoms with Gasteiger partial charge in [-0.1, -0.05) is 6.92 Å². The first-order valence-corrected chi connectivity index (χ1v) is 11.3. The Kier molecular flexibility index (Phi) is 7.82. The van der Waals surface area contributed by atoms with E-state index < -0.39 is 22.1 Å². The summed E-state index contributed by atoms with van der Waals surface area (Å²) >= 11 is 0. The fraction of sp³-hybridized carbons (Fsp3) is 0.333. The summed E-state index contributed by atoms with van der Waals surface area (Å²) in [6.07, 6.45) is 0.805. The van der Waals surface area contributed by atoms with Gasteiger partial charge < -0.3 is 14.8 Å². The lowest BCUT2D eigenvalue weighted by Crippen LogP contribution is -2.32. The summed E-state index contributed by atoms with van der Waals surface area (Å²) < 4.78 is 35.1. The molecule has 0 radical (unpaired) electrons. The summed E-state index contributed by atoms with van der Waals surface area (Å²) in [6.45, 7) is 3.84. The quantitative estimate of drug-likeness (QED) is 0.609. The first kappa shape index (κ1) is 23.2. The molecule has 0 saturated heterocycles. The second-order valence-corrected chi connectivity index (χ2v) is 8.54. The summed E-state index contributed by atoms with van der Waals surface area (Å²) in [5.41, 5.74) is 1.42. The normalized spacial score (nSPS) is 12.0. The van der Waals surface area contributed by atoms with Crippen LogP contribution in [0.5, 0.6) is 5.75 Å². The highest BCUT2D eigenvalue weighted by Crippen LogP contribution is 2.22. The van der Waals surface area contributed by atoms with E-state index in [-0.39, 0.29) is 5.91 Å². The van der Waals surface area contributed by atoms with Crippen molar-refractivity contribution in [2.75, 3.05) is 29.5 Å². The monoisotopic (exact) mass is 434 g/mol. The minimum absolute atomic E-state index is 0.290. The maximum atomic E-state index is 12.6. The van der Waals surface area contributed by atoms with Crippen molar-refractivity contribution in [1.82, 2.24) is 0 Å². The third-order valence-electron chi connectivity index (χ3n) is 4.30. The van der Waals surface area contributed by atoms with E-state index in [1.165, 1.54) is 7.05 Å². The maximum absolute atomic E-state index is 12.6. The summed E-state index contributed by atoms with van der Waals surface area (Å²) in [5.74, 6) is -0.311. The van der Waals surface area contributed by atoms with Gasteiger partial charge in [0.15, 0.2) is 6.10 Å². The van der Waals surface area contributed by atoms with Gasteiger partial charge in [0.2, 0.25) is 10.0 Å². The highest BCUT2D eigenvalue weighted by Gasteiger charge is 2.19. The molecular formula is C21H26N2O6S. The predicted octanol–water partition coefficient (Wildman–Crippen LogP) is 3.06. The molecule has 0 heterocycles. The van der Waals surface area contributed by atoms with Gasteiger partial charge in [-0.2, -0.15) is 0 Å². The van der Waals surface area contributed by atoms with E-state index in [0.29, 0.717) is 35.7 Å². The molecule has 1 N–H and O–H groups in total. The highest BCUT2D eigenvalue weighted by molar-refractivity contribution is 7.92. The molecule has 0 aliphatic carbocycles. The number of nitrogens with one attached hydrogen (secondary N) is 1. The Morgan fingerprint density at radius 3 is 2.13 bits per heavy atom. The van der Waals surface area contributed by atoms with Crippen molar-refractivity contribution in [1.29, 1.82) is 0 Å². The van der Waals surface area contributed by atoms with Crippen LogP contribution in [0.2, 0.25) is 0 Å². The Morgan fingerprint density at radius 2 is 1.63 bits per heavy atom. The molecule has 162 valence electrons. The molecule has 1 unspecified atom stereocenters. The standard InChI is InChI=1S/C21H26N2O6S/c1-5-19(29-18-13-11-17(12-14-18)23(3)30(4,26)27)20(24)22-16-9-7-15(8-10-16)21(25)28-6-2/h7-14,19H,5-6H2,1-4H3,(H,22,24). The van der Waals surface area contributed by atoms with Crippen LogP contribution in [0.3, 0.4) is 0 Å². The Hall–Kier alpha value is -3.07. The van der Waals surface area contributed by atoms with Crippen LogP contribution in [-0.2, 0) is 19.6 Å². The molecule has 0 aromatic heterocycles. The van der Waals surface area contributed by atoms with E-state index in [0.717, 1.165) is 10.6 Å². The second kappa shape index (κ2) is 10.1. The lowest BCUT2D eigenvalue weighted by atomic mass is 10.2. The van der Waals surface area contributed by atoms with Gasteiger partial charge in [-0.3, -0.25) is 9.10 Å². The van der Waals surface area contributed by atoms with E-state index in [2.05, 4.69) is 5.32 Å². The predicted molar refractivity (Wildman–Crippen MR) is 115 cm³/mol. The molecule has 1 amide bonds. The van der Waals surface area contributed by atoms with E-state index in [9.17, 15) is 18.0 Å². The van der Waals surface area contributed by atoms with E-state index in [1.54, 1.807) is 55.5 Å². The van der Waals surface area contributed by atoms with Crippen LogP contribution in [0.15, 0.2) is 48.5 Å². The fourth-order valence-electron chi connectivity index (χ4n) is 2.54. The molecular weight excluding hydrogens is 408 g/mol. The zero-order valence-electron chi connectivity index (χ0n) is 17.4. The van der Waals surface area contributed by atoms with Crippen molar-refractivity contribution in [3.8, 4) is 5.75 Å². The average Bonchev–Trinajstić information content (AvgIpc) is 2.71. The average molecular weight is 435 g/mol. The molecule has 0 spiro atoms. The van der Waals surface area contributed by atoms with Gasteiger partial charge in [-0.15, -0.1) is 0 Å². The molecule has 0 saturated carbocycles. The molecule has 9 heteroatoms. The molecule has 0 aliphatic heterocycles. The lowest BCUT2D eigenvalue weighted by Gasteiger charge is -2.19. The lowest BCUT2D eigenvalue weighted by molar-refractivity contribution is -0.122. The number of carbonyl (C=O) groups excluding carboxylic acids is 2. The number of sulfonamides is 1. The minimum atomic E-state index is -3.36. The van der Waals surface area contributed by atoms with E-state index in [4.69, 9.17) is 9.47 Å². The number of amides is 1. The van der Waals surface area contributed by atoms with E-state index in [1.807, 2.05) is 6.92 Å². The molecule has 2 aromatic carbocycles. The number of hydrogen-bond acceptors (Lipinski definition) is 6. The summed E-state index contributed by atoms with van der Waals surface area (Å²) in [5, 5.41) is 2.76. The van der Waals surface area contributed by atoms with Crippen molar-refractivity contribution in [3.05, 3.63) is 54.1 Å². The van der Waals surface area contributed by atoms with E-state index >= 15 is 0 Å². The van der Waals surface area contributed by atoms with Crippen molar-refractivity contribution in [2.24, 2.45) is 0 Å². The van der Waals surface area contributed by atoms with Crippen LogP contribution < -0.4 is 14.4 Å². The number of hydrogen-bond donors (Lipinski definition) is 1. The van der Waals surface area contributed by atoms with Crippen LogP contribution >= 0.6 is 0 Å². The van der Waals surface area contributed by atoms with Gasteiger partial charge in [0.25, 0.3) is 5.91 Å². The molecule has 30 heavy (non-hydrogen) atoms. The number of esters is 1. The van der Waals surface area contributed by atoms with Gasteiger partial charge >= 0.3 is 5.97 Å². The zero-order chi connectivity index (χ0) is 22.3. The number of carbonyl (C=O) groups is 2. The second-order valence-electron chi connectivity index (χ2n) is 6.53. The van der Waals surface area contributed by atoms with Crippen molar-refractivity contribution in [3.63, 3.8) is 0 Å². The SMILES string of the molecule is CCOC(=O)c1ccc(NC(=O)C(CC)Oc2ccc(N(C)S(C)(=O)=O)cc2)cc1. The Labute approximate surface area is 176 Å². The minimum Gasteiger partial charge on any atom is -0.481 e. The number of anilines is 2. The number of ether oxygens (including phenoxy) is 2. The Morgan fingerprint density at radius 1 is 1.03 bits per heavy atom. The molecule has 0 bridgehead atoms. The smallest absolute Gasteiger partial charge is 0.338 e. The summed E-state index contributed by atoms with van der Waals surface area (Å²) in [7, 11) is -1.90. The van der Waals surface area contributed by atoms with Crippen molar-refractivity contribution in [2.45, 2.75) is 26.4 Å². The van der Waals surface area contributed by atoms with Crippen LogP contribution in [0.4, 0.5) is 11.4 Å². The van der Waals surface area contributed by atoms with Crippen LogP contribution in [0, 0.1) is 0 Å². The van der Waals surface area contributed by atoms with Gasteiger partial charge in [-0.25, -0.2) is 13.2 Å². The van der Waals surface area contributed by atoms with Crippen LogP contribution in [0.25, 0.3) is 0 Å². The summed E-state index contributed by atoms with van der Waals surface area (Å²) in [6, 6.07) is 12.8. The maximum Gasteiger partial charge on any atom is 0.338 e. The van der Waals surface area contributed by atoms with Crippen LogP contribution in [0.1, 0.15) is 30.6 Å². The van der Waals surface area contributed by atoms with Gasteiger partial charge in [-0.05, 0) is 61.9 Å². The molecule has 0 fully saturated rings. The van der Waals surface area contributed by atoms with Gasteiger partial charge in [0.1, 0.15) is 5.75 Å². The Balaban J connectivity index is 2.02. The molecule has 8 nitrogen and oxygen atoms in total. The summed E-state index contributed by atoms with van der Waals surface area (Å²) in [4.78, 5) is 24.3. The first-order chi connectivity index (χ1) is 14.2.